The standard InChI is InChI=1S/C16H28N6O2/c1-3-17-15-21-19-13(23-15)11-9-7-5-6-8-10-12-14-20-22-16(24-14)18-4-2/h3-12H2,1-2H3,(H,17,21)(H,18,22). The number of rotatable bonds is 13. The Morgan fingerprint density at radius 3 is 1.46 bits per heavy atom. The number of aromatic nitrogens is 4. The number of unbranched alkanes of at least 4 members (excludes halogenated alkanes) is 5. The first-order chi connectivity index (χ1) is 11.8. The summed E-state index contributed by atoms with van der Waals surface area (Å²) in [6.07, 6.45) is 8.70. The van der Waals surface area contributed by atoms with Crippen LogP contribution in [-0.2, 0) is 12.8 Å². The van der Waals surface area contributed by atoms with Gasteiger partial charge in [0.05, 0.1) is 0 Å². The lowest BCUT2D eigenvalue weighted by atomic mass is 10.1. The van der Waals surface area contributed by atoms with Crippen LogP contribution in [0.15, 0.2) is 8.83 Å². The molecule has 0 saturated carbocycles. The number of nitrogens with one attached hydrogen (secondary N) is 2. The van der Waals surface area contributed by atoms with Crippen molar-refractivity contribution in [1.29, 1.82) is 0 Å². The Kier molecular flexibility index (Phi) is 8.06. The number of nitrogens with zero attached hydrogens (tertiary/aromatic N) is 4. The summed E-state index contributed by atoms with van der Waals surface area (Å²) in [7, 11) is 0. The average Bonchev–Trinajstić information content (AvgIpc) is 3.20. The molecule has 0 aliphatic carbocycles. The van der Waals surface area contributed by atoms with E-state index in [-0.39, 0.29) is 0 Å². The molecular formula is C16H28N6O2. The van der Waals surface area contributed by atoms with E-state index in [1.54, 1.807) is 0 Å². The van der Waals surface area contributed by atoms with E-state index in [1.807, 2.05) is 13.8 Å². The van der Waals surface area contributed by atoms with Gasteiger partial charge in [0.25, 0.3) is 0 Å². The van der Waals surface area contributed by atoms with E-state index in [4.69, 9.17) is 8.83 Å². The van der Waals surface area contributed by atoms with Crippen molar-refractivity contribution in [2.45, 2.75) is 65.2 Å². The lowest BCUT2D eigenvalue weighted by molar-refractivity contribution is 0.477. The van der Waals surface area contributed by atoms with Gasteiger partial charge in [0.15, 0.2) is 0 Å². The lowest BCUT2D eigenvalue weighted by Crippen LogP contribution is -1.95. The van der Waals surface area contributed by atoms with Crippen LogP contribution in [0.2, 0.25) is 0 Å². The fraction of sp³-hybridized carbons (Fsp3) is 0.750. The van der Waals surface area contributed by atoms with Crippen molar-refractivity contribution in [1.82, 2.24) is 20.4 Å². The maximum atomic E-state index is 5.48. The Hall–Kier alpha value is -2.12. The Morgan fingerprint density at radius 1 is 0.625 bits per heavy atom. The molecule has 8 heteroatoms. The topological polar surface area (TPSA) is 102 Å². The number of anilines is 2. The van der Waals surface area contributed by atoms with Crippen molar-refractivity contribution in [3.8, 4) is 0 Å². The lowest BCUT2D eigenvalue weighted by Gasteiger charge is -2.00. The molecular weight excluding hydrogens is 308 g/mol. The highest BCUT2D eigenvalue weighted by atomic mass is 16.4. The molecule has 0 amide bonds. The summed E-state index contributed by atoms with van der Waals surface area (Å²) < 4.78 is 11.0. The molecule has 0 atom stereocenters. The van der Waals surface area contributed by atoms with E-state index in [9.17, 15) is 0 Å². The van der Waals surface area contributed by atoms with Crippen LogP contribution in [0.4, 0.5) is 12.0 Å². The van der Waals surface area contributed by atoms with Gasteiger partial charge in [0.1, 0.15) is 0 Å². The van der Waals surface area contributed by atoms with E-state index < -0.39 is 0 Å². The van der Waals surface area contributed by atoms with Gasteiger partial charge in [-0.3, -0.25) is 0 Å². The van der Waals surface area contributed by atoms with E-state index in [0.29, 0.717) is 12.0 Å². The quantitative estimate of drug-likeness (QED) is 0.536. The average molecular weight is 336 g/mol. The molecule has 8 nitrogen and oxygen atoms in total. The molecule has 0 spiro atoms. The summed E-state index contributed by atoms with van der Waals surface area (Å²) in [5, 5.41) is 21.9. The highest BCUT2D eigenvalue weighted by Gasteiger charge is 2.05. The minimum atomic E-state index is 0.519. The van der Waals surface area contributed by atoms with Gasteiger partial charge in [-0.15, -0.1) is 10.2 Å². The largest absolute Gasteiger partial charge is 0.408 e. The van der Waals surface area contributed by atoms with Crippen LogP contribution < -0.4 is 10.6 Å². The second-order valence-corrected chi connectivity index (χ2v) is 5.68. The predicted octanol–water partition coefficient (Wildman–Crippen LogP) is 3.44. The molecule has 2 N–H and O–H groups in total. The smallest absolute Gasteiger partial charge is 0.315 e. The van der Waals surface area contributed by atoms with Crippen molar-refractivity contribution < 1.29 is 8.83 Å². The van der Waals surface area contributed by atoms with E-state index in [2.05, 4.69) is 31.0 Å². The zero-order chi connectivity index (χ0) is 17.0. The van der Waals surface area contributed by atoms with E-state index >= 15 is 0 Å². The van der Waals surface area contributed by atoms with Crippen LogP contribution in [0, 0.1) is 0 Å². The molecule has 0 aliphatic heterocycles. The van der Waals surface area contributed by atoms with Crippen molar-refractivity contribution in [2.75, 3.05) is 23.7 Å². The molecule has 0 fully saturated rings. The Balaban J connectivity index is 1.46. The molecule has 0 unspecified atom stereocenters. The fourth-order valence-corrected chi connectivity index (χ4v) is 2.41. The van der Waals surface area contributed by atoms with Crippen molar-refractivity contribution in [2.24, 2.45) is 0 Å². The van der Waals surface area contributed by atoms with Crippen LogP contribution in [0.3, 0.4) is 0 Å². The summed E-state index contributed by atoms with van der Waals surface area (Å²) in [5.41, 5.74) is 0. The van der Waals surface area contributed by atoms with Crippen LogP contribution >= 0.6 is 0 Å². The molecule has 2 aromatic rings. The predicted molar refractivity (Wildman–Crippen MR) is 92.0 cm³/mol. The van der Waals surface area contributed by atoms with Crippen molar-refractivity contribution in [3.05, 3.63) is 11.8 Å². The molecule has 2 rings (SSSR count). The minimum Gasteiger partial charge on any atom is -0.408 e. The van der Waals surface area contributed by atoms with Crippen LogP contribution in [0.5, 0.6) is 0 Å². The molecule has 0 bridgehead atoms. The monoisotopic (exact) mass is 336 g/mol. The van der Waals surface area contributed by atoms with Gasteiger partial charge in [-0.25, -0.2) is 0 Å². The maximum absolute atomic E-state index is 5.48. The highest BCUT2D eigenvalue weighted by molar-refractivity contribution is 5.16. The summed E-state index contributed by atoms with van der Waals surface area (Å²) in [6, 6.07) is 1.04. The van der Waals surface area contributed by atoms with E-state index in [1.165, 1.54) is 25.7 Å². The first-order valence-electron chi connectivity index (χ1n) is 8.94. The molecule has 0 aromatic carbocycles. The van der Waals surface area contributed by atoms with E-state index in [0.717, 1.165) is 50.6 Å². The van der Waals surface area contributed by atoms with Crippen LogP contribution in [0.1, 0.15) is 64.2 Å². The summed E-state index contributed by atoms with van der Waals surface area (Å²) in [4.78, 5) is 0. The SMILES string of the molecule is CCNc1nnc(CCCCCCCCc2nnc(NCC)o2)o1. The van der Waals surface area contributed by atoms with Gasteiger partial charge < -0.3 is 19.5 Å². The number of hydrogen-bond donors (Lipinski definition) is 2. The van der Waals surface area contributed by atoms with Gasteiger partial charge in [-0.05, 0) is 26.7 Å². The summed E-state index contributed by atoms with van der Waals surface area (Å²) in [6.45, 7) is 5.59. The van der Waals surface area contributed by atoms with Gasteiger partial charge in [-0.2, -0.15) is 0 Å². The zero-order valence-corrected chi connectivity index (χ0v) is 14.7. The second kappa shape index (κ2) is 10.6. The summed E-state index contributed by atoms with van der Waals surface area (Å²) >= 11 is 0. The number of hydrogen-bond acceptors (Lipinski definition) is 8. The Labute approximate surface area is 142 Å². The van der Waals surface area contributed by atoms with Crippen molar-refractivity contribution in [3.63, 3.8) is 0 Å². The normalized spacial score (nSPS) is 10.9. The van der Waals surface area contributed by atoms with Gasteiger partial charge in [0.2, 0.25) is 11.8 Å². The minimum absolute atomic E-state index is 0.519. The molecule has 24 heavy (non-hydrogen) atoms. The second-order valence-electron chi connectivity index (χ2n) is 5.68. The third-order valence-corrected chi connectivity index (χ3v) is 3.62. The van der Waals surface area contributed by atoms with Crippen LogP contribution in [-0.4, -0.2) is 33.5 Å². The molecule has 134 valence electrons. The molecule has 0 radical (unpaired) electrons. The Morgan fingerprint density at radius 2 is 1.04 bits per heavy atom. The summed E-state index contributed by atoms with van der Waals surface area (Å²) in [5.74, 6) is 1.44. The van der Waals surface area contributed by atoms with Gasteiger partial charge >= 0.3 is 12.0 Å². The van der Waals surface area contributed by atoms with Gasteiger partial charge in [-0.1, -0.05) is 35.9 Å². The highest BCUT2D eigenvalue weighted by Crippen LogP contribution is 2.13. The Bertz CT molecular complexity index is 518. The first-order valence-corrected chi connectivity index (χ1v) is 8.94. The molecule has 2 aromatic heterocycles. The molecule has 0 aliphatic rings. The van der Waals surface area contributed by atoms with Crippen LogP contribution in [0.25, 0.3) is 0 Å². The zero-order valence-electron chi connectivity index (χ0n) is 14.7. The third kappa shape index (κ3) is 6.55. The third-order valence-electron chi connectivity index (χ3n) is 3.62. The van der Waals surface area contributed by atoms with Crippen molar-refractivity contribution >= 4 is 12.0 Å². The maximum Gasteiger partial charge on any atom is 0.315 e. The molecule has 2 heterocycles. The fourth-order valence-electron chi connectivity index (χ4n) is 2.41. The number of aryl methyl sites for hydroxylation is 2. The van der Waals surface area contributed by atoms with Gasteiger partial charge in [0, 0.05) is 25.9 Å². The molecule has 0 saturated heterocycles. The first kappa shape index (κ1) is 18.2.